The van der Waals surface area contributed by atoms with Gasteiger partial charge in [-0.05, 0) is 197 Å². The second kappa shape index (κ2) is 24.3. The van der Waals surface area contributed by atoms with Gasteiger partial charge in [0.1, 0.15) is 0 Å². The number of fused-ring (bicyclic) bond motifs is 5. The predicted molar refractivity (Wildman–Crippen MR) is 293 cm³/mol. The van der Waals surface area contributed by atoms with Gasteiger partial charge in [0.2, 0.25) is 0 Å². The van der Waals surface area contributed by atoms with Crippen LogP contribution in [0.2, 0.25) is 0 Å². The van der Waals surface area contributed by atoms with Crippen LogP contribution >= 0.6 is 0 Å². The minimum Gasteiger partial charge on any atom is -0.300 e. The van der Waals surface area contributed by atoms with Gasteiger partial charge in [-0.15, -0.1) is 0 Å². The monoisotopic (exact) mass is 953 g/mol. The van der Waals surface area contributed by atoms with Gasteiger partial charge in [0.15, 0.2) is 0 Å². The first kappa shape index (κ1) is 56.9. The van der Waals surface area contributed by atoms with Gasteiger partial charge in [-0.1, -0.05) is 0 Å². The first-order valence-electron chi connectivity index (χ1n) is 29.5. The van der Waals surface area contributed by atoms with Crippen LogP contribution in [-0.4, -0.2) is 236 Å². The smallest absolute Gasteiger partial charge is 0.0382 e. The summed E-state index contributed by atoms with van der Waals surface area (Å²) in [4.78, 5) is 26.6. The molecule has 10 heteroatoms. The third kappa shape index (κ3) is 12.9. The van der Waals surface area contributed by atoms with Crippen molar-refractivity contribution < 1.29 is 0 Å². The Morgan fingerprint density at radius 3 is 0.882 bits per heavy atom. The topological polar surface area (TPSA) is 32.4 Å². The molecule has 0 radical (unpaired) electrons. The molecule has 10 saturated heterocycles. The molecular formula is C58H116N10. The van der Waals surface area contributed by atoms with Crippen molar-refractivity contribution >= 4 is 0 Å². The van der Waals surface area contributed by atoms with E-state index in [-0.39, 0.29) is 0 Å². The molecule has 10 nitrogen and oxygen atoms in total. The van der Waals surface area contributed by atoms with E-state index in [1.165, 1.54) is 123 Å². The van der Waals surface area contributed by atoms with Crippen LogP contribution < -0.4 is 0 Å². The summed E-state index contributed by atoms with van der Waals surface area (Å²) in [7, 11) is 0. The number of likely N-dealkylation sites (tertiary alicyclic amines) is 9. The quantitative estimate of drug-likeness (QED) is 0.212. The van der Waals surface area contributed by atoms with E-state index in [9.17, 15) is 0 Å². The molecular weight excluding hydrogens is 837 g/mol. The van der Waals surface area contributed by atoms with E-state index in [0.717, 1.165) is 109 Å². The van der Waals surface area contributed by atoms with Crippen molar-refractivity contribution in [3.63, 3.8) is 0 Å². The van der Waals surface area contributed by atoms with Crippen molar-refractivity contribution in [1.29, 1.82) is 0 Å². The molecule has 0 aromatic carbocycles. The van der Waals surface area contributed by atoms with Gasteiger partial charge in [-0.25, -0.2) is 0 Å². The third-order valence-corrected chi connectivity index (χ3v) is 19.1. The van der Waals surface area contributed by atoms with Crippen LogP contribution in [0.3, 0.4) is 0 Å². The number of piperazine rings is 1. The molecule has 10 rings (SSSR count). The van der Waals surface area contributed by atoms with Gasteiger partial charge >= 0.3 is 0 Å². The number of hydrogen-bond donors (Lipinski definition) is 0. The number of nitrogens with zero attached hydrogens (tertiary/aromatic N) is 10. The van der Waals surface area contributed by atoms with Crippen molar-refractivity contribution in [3.05, 3.63) is 0 Å². The van der Waals surface area contributed by atoms with Crippen molar-refractivity contribution in [1.82, 2.24) is 49.0 Å². The molecule has 8 atom stereocenters. The highest BCUT2D eigenvalue weighted by Gasteiger charge is 2.53. The van der Waals surface area contributed by atoms with Gasteiger partial charge in [0.25, 0.3) is 0 Å². The normalized spacial score (nSPS) is 33.6. The predicted octanol–water partition coefficient (Wildman–Crippen LogP) is 8.84. The highest BCUT2D eigenvalue weighted by Crippen LogP contribution is 2.42. The lowest BCUT2D eigenvalue weighted by Gasteiger charge is -2.62. The Kier molecular flexibility index (Phi) is 20.3. The van der Waals surface area contributed by atoms with Crippen LogP contribution in [0.4, 0.5) is 0 Å². The second-order valence-corrected chi connectivity index (χ2v) is 26.8. The van der Waals surface area contributed by atoms with E-state index >= 15 is 0 Å². The molecule has 0 saturated carbocycles. The first-order valence-corrected chi connectivity index (χ1v) is 29.5. The zero-order valence-electron chi connectivity index (χ0n) is 48.8. The van der Waals surface area contributed by atoms with Crippen LogP contribution in [0.1, 0.15) is 183 Å². The van der Waals surface area contributed by atoms with Crippen LogP contribution in [0.25, 0.3) is 0 Å². The molecule has 0 amide bonds. The minimum absolute atomic E-state index is 0.703. The van der Waals surface area contributed by atoms with Gasteiger partial charge in [0.05, 0.1) is 0 Å². The zero-order chi connectivity index (χ0) is 50.1. The molecule has 10 aliphatic heterocycles. The molecule has 68 heavy (non-hydrogen) atoms. The van der Waals surface area contributed by atoms with Crippen LogP contribution in [-0.2, 0) is 0 Å². The van der Waals surface area contributed by atoms with E-state index < -0.39 is 0 Å². The number of hydrogen-bond acceptors (Lipinski definition) is 10. The average molecular weight is 954 g/mol. The molecule has 10 aliphatic rings. The maximum atomic E-state index is 2.75. The number of rotatable bonds is 10. The summed E-state index contributed by atoms with van der Waals surface area (Å²) < 4.78 is 0. The fourth-order valence-electron chi connectivity index (χ4n) is 15.0. The van der Waals surface area contributed by atoms with Gasteiger partial charge in [-0.3, -0.25) is 49.0 Å². The lowest BCUT2D eigenvalue weighted by molar-refractivity contribution is -0.135. The van der Waals surface area contributed by atoms with Crippen molar-refractivity contribution in [3.8, 4) is 0 Å². The summed E-state index contributed by atoms with van der Waals surface area (Å²) in [5, 5.41) is 0. The van der Waals surface area contributed by atoms with Crippen LogP contribution in [0, 0.1) is 5.41 Å². The van der Waals surface area contributed by atoms with Crippen molar-refractivity contribution in [2.24, 2.45) is 5.41 Å². The summed E-state index contributed by atoms with van der Waals surface area (Å²) in [6.07, 6.45) is 9.86. The molecule has 2 bridgehead atoms. The van der Waals surface area contributed by atoms with Gasteiger partial charge in [0, 0.05) is 180 Å². The maximum absolute atomic E-state index is 2.75. The van der Waals surface area contributed by atoms with E-state index in [2.05, 4.69) is 187 Å². The van der Waals surface area contributed by atoms with Gasteiger partial charge in [-0.2, -0.15) is 0 Å². The molecule has 0 aliphatic carbocycles. The zero-order valence-corrected chi connectivity index (χ0v) is 48.8. The SMILES string of the molecule is CC(C)N1CC2(C1)CN(C(C)C)C2.CC(C)N1CC2CCC(C1)N2C(C)C.CC(C)N1CCC2C1CN2C(C)C.CC(C)N1CCCC2C1CN2C(C)C.CC(C)N1CCCC2C1CN2C(C)C. The maximum Gasteiger partial charge on any atom is 0.0382 e. The second-order valence-electron chi connectivity index (χ2n) is 26.8. The molecule has 10 fully saturated rings. The minimum atomic E-state index is 0.703. The molecule has 10 heterocycles. The Morgan fingerprint density at radius 1 is 0.279 bits per heavy atom. The number of piperidine rings is 2. The van der Waals surface area contributed by atoms with Crippen molar-refractivity contribution in [2.75, 3.05) is 78.5 Å². The standard InChI is InChI=1S/3C12H24N2.2C11H22N2/c1-9(2)13-7-11-5-6-12(8-13)14(11)10(3)4;2*1-9(2)13-7-5-6-11-12(13)8-14(11)10(3)4;1-9(2)12-5-11(6-12)7-13(8-11)10(3)4;1-8(2)12-6-5-10-11(12)7-13(10)9(3)4/h3*9-12H,5-8H2,1-4H3;9-10H,5-8H2,1-4H3;8-11H,5-7H2,1-4H3. The Labute approximate surface area is 423 Å². The Balaban J connectivity index is 0.000000140. The van der Waals surface area contributed by atoms with E-state index in [1.54, 1.807) is 0 Å². The molecule has 0 aromatic heterocycles. The molecule has 0 aromatic rings. The summed E-state index contributed by atoms with van der Waals surface area (Å²) >= 11 is 0. The Hall–Kier alpha value is -0.400. The molecule has 0 N–H and O–H groups in total. The highest BCUT2D eigenvalue weighted by atomic mass is 15.4. The third-order valence-electron chi connectivity index (χ3n) is 19.1. The van der Waals surface area contributed by atoms with E-state index in [0.29, 0.717) is 5.41 Å². The van der Waals surface area contributed by atoms with Crippen LogP contribution in [0.5, 0.6) is 0 Å². The summed E-state index contributed by atoms with van der Waals surface area (Å²) in [5.41, 5.74) is 0.703. The van der Waals surface area contributed by atoms with Gasteiger partial charge < -0.3 is 0 Å². The largest absolute Gasteiger partial charge is 0.300 e. The summed E-state index contributed by atoms with van der Waals surface area (Å²) in [6.45, 7) is 62.3. The molecule has 1 spiro atoms. The summed E-state index contributed by atoms with van der Waals surface area (Å²) in [6, 6.07) is 14.3. The van der Waals surface area contributed by atoms with E-state index in [4.69, 9.17) is 0 Å². The van der Waals surface area contributed by atoms with Crippen LogP contribution in [0.15, 0.2) is 0 Å². The highest BCUT2D eigenvalue weighted by molar-refractivity contribution is 5.08. The lowest BCUT2D eigenvalue weighted by atomic mass is 9.72. The lowest BCUT2D eigenvalue weighted by Crippen LogP contribution is -2.73. The van der Waals surface area contributed by atoms with Crippen molar-refractivity contribution in [2.45, 2.75) is 292 Å². The molecule has 8 unspecified atom stereocenters. The average Bonchev–Trinajstić information content (AvgIpc) is 3.65. The molecule has 398 valence electrons. The Morgan fingerprint density at radius 2 is 0.588 bits per heavy atom. The van der Waals surface area contributed by atoms with E-state index in [1.807, 2.05) is 0 Å². The summed E-state index contributed by atoms with van der Waals surface area (Å²) in [5.74, 6) is 0. The first-order chi connectivity index (χ1) is 31.9. The fourth-order valence-corrected chi connectivity index (χ4v) is 15.0. The fraction of sp³-hybridized carbons (Fsp3) is 1.00. The Bertz CT molecular complexity index is 1400.